The minimum absolute atomic E-state index is 0.476. The van der Waals surface area contributed by atoms with Crippen LogP contribution in [0.4, 0.5) is 8.78 Å². The SMILES string of the molecule is Fc1cc(F)cc(CN(C2CCCC2)[C@H]2CCNC2)c1. The Morgan fingerprint density at radius 3 is 2.30 bits per heavy atom. The standard InChI is InChI=1S/C16H22F2N2/c17-13-7-12(8-14(18)9-13)11-20(15-3-1-2-4-15)16-5-6-19-10-16/h7-9,15-16,19H,1-6,10-11H2/t16-/m0/s1. The number of hydrogen-bond donors (Lipinski definition) is 1. The van der Waals surface area contributed by atoms with Gasteiger partial charge in [-0.25, -0.2) is 8.78 Å². The first kappa shape index (κ1) is 14.0. The molecule has 0 radical (unpaired) electrons. The highest BCUT2D eigenvalue weighted by atomic mass is 19.1. The van der Waals surface area contributed by atoms with Crippen molar-refractivity contribution in [3.63, 3.8) is 0 Å². The van der Waals surface area contributed by atoms with Crippen LogP contribution in [0, 0.1) is 11.6 Å². The van der Waals surface area contributed by atoms with Crippen molar-refractivity contribution in [3.8, 4) is 0 Å². The van der Waals surface area contributed by atoms with Gasteiger partial charge in [0.1, 0.15) is 11.6 Å². The maximum atomic E-state index is 13.4. The average Bonchev–Trinajstić information content (AvgIpc) is 3.08. The van der Waals surface area contributed by atoms with Gasteiger partial charge in [0.15, 0.2) is 0 Å². The third kappa shape index (κ3) is 3.18. The second kappa shape index (κ2) is 6.19. The summed E-state index contributed by atoms with van der Waals surface area (Å²) in [6, 6.07) is 4.96. The topological polar surface area (TPSA) is 15.3 Å². The van der Waals surface area contributed by atoms with Gasteiger partial charge in [-0.05, 0) is 43.5 Å². The first-order valence-corrected chi connectivity index (χ1v) is 7.64. The molecule has 20 heavy (non-hydrogen) atoms. The summed E-state index contributed by atoms with van der Waals surface area (Å²) in [5, 5.41) is 3.39. The summed E-state index contributed by atoms with van der Waals surface area (Å²) in [5.74, 6) is -0.952. The lowest BCUT2D eigenvalue weighted by Crippen LogP contribution is -2.42. The van der Waals surface area contributed by atoms with Crippen LogP contribution in [0.25, 0.3) is 0 Å². The molecule has 0 bridgehead atoms. The fraction of sp³-hybridized carbons (Fsp3) is 0.625. The summed E-state index contributed by atoms with van der Waals surface area (Å²) < 4.78 is 26.7. The molecule has 1 N–H and O–H groups in total. The highest BCUT2D eigenvalue weighted by Gasteiger charge is 2.30. The van der Waals surface area contributed by atoms with Crippen LogP contribution in [-0.4, -0.2) is 30.1 Å². The van der Waals surface area contributed by atoms with Gasteiger partial charge in [-0.15, -0.1) is 0 Å². The van der Waals surface area contributed by atoms with Crippen molar-refractivity contribution >= 4 is 0 Å². The third-order valence-corrected chi connectivity index (χ3v) is 4.58. The molecule has 2 aliphatic rings. The van der Waals surface area contributed by atoms with Crippen LogP contribution >= 0.6 is 0 Å². The lowest BCUT2D eigenvalue weighted by Gasteiger charge is -2.34. The average molecular weight is 280 g/mol. The summed E-state index contributed by atoms with van der Waals surface area (Å²) in [6.45, 7) is 2.70. The number of nitrogens with zero attached hydrogens (tertiary/aromatic N) is 1. The maximum Gasteiger partial charge on any atom is 0.126 e. The fourth-order valence-electron chi connectivity index (χ4n) is 3.63. The molecule has 3 rings (SSSR count). The molecule has 1 aromatic carbocycles. The second-order valence-corrected chi connectivity index (χ2v) is 6.03. The maximum absolute atomic E-state index is 13.4. The van der Waals surface area contributed by atoms with E-state index in [4.69, 9.17) is 0 Å². The molecule has 2 nitrogen and oxygen atoms in total. The van der Waals surface area contributed by atoms with Crippen LogP contribution in [-0.2, 0) is 6.54 Å². The molecule has 0 spiro atoms. The van der Waals surface area contributed by atoms with Crippen molar-refractivity contribution in [1.82, 2.24) is 10.2 Å². The van der Waals surface area contributed by atoms with Gasteiger partial charge in [-0.1, -0.05) is 12.8 Å². The van der Waals surface area contributed by atoms with E-state index in [0.717, 1.165) is 31.1 Å². The van der Waals surface area contributed by atoms with Gasteiger partial charge in [0.2, 0.25) is 0 Å². The van der Waals surface area contributed by atoms with E-state index < -0.39 is 11.6 Å². The Bertz CT molecular complexity index is 416. The molecule has 0 amide bonds. The Morgan fingerprint density at radius 2 is 1.70 bits per heavy atom. The Hall–Kier alpha value is -1.00. The molecule has 1 aromatic rings. The number of hydrogen-bond acceptors (Lipinski definition) is 2. The molecule has 1 saturated carbocycles. The van der Waals surface area contributed by atoms with Crippen molar-refractivity contribution in [1.29, 1.82) is 0 Å². The number of nitrogens with one attached hydrogen (secondary N) is 1. The molecule has 1 saturated heterocycles. The normalized spacial score (nSPS) is 23.9. The van der Waals surface area contributed by atoms with Crippen LogP contribution in [0.5, 0.6) is 0 Å². The van der Waals surface area contributed by atoms with E-state index in [-0.39, 0.29) is 0 Å². The van der Waals surface area contributed by atoms with Gasteiger partial charge in [-0.3, -0.25) is 4.90 Å². The summed E-state index contributed by atoms with van der Waals surface area (Å²) in [4.78, 5) is 2.47. The largest absolute Gasteiger partial charge is 0.315 e. The quantitative estimate of drug-likeness (QED) is 0.912. The van der Waals surface area contributed by atoms with E-state index >= 15 is 0 Å². The lowest BCUT2D eigenvalue weighted by molar-refractivity contribution is 0.135. The Labute approximate surface area is 119 Å². The van der Waals surface area contributed by atoms with Crippen LogP contribution in [0.1, 0.15) is 37.7 Å². The van der Waals surface area contributed by atoms with Gasteiger partial charge in [-0.2, -0.15) is 0 Å². The van der Waals surface area contributed by atoms with Crippen molar-refractivity contribution in [2.45, 2.75) is 50.7 Å². The van der Waals surface area contributed by atoms with E-state index in [1.54, 1.807) is 0 Å². The van der Waals surface area contributed by atoms with Crippen LogP contribution in [0.15, 0.2) is 18.2 Å². The molecule has 1 aliphatic carbocycles. The highest BCUT2D eigenvalue weighted by molar-refractivity contribution is 5.18. The highest BCUT2D eigenvalue weighted by Crippen LogP contribution is 2.28. The summed E-state index contributed by atoms with van der Waals surface area (Å²) in [7, 11) is 0. The van der Waals surface area contributed by atoms with Crippen molar-refractivity contribution < 1.29 is 8.78 Å². The van der Waals surface area contributed by atoms with E-state index in [0.29, 0.717) is 18.6 Å². The molecular weight excluding hydrogens is 258 g/mol. The van der Waals surface area contributed by atoms with Crippen LogP contribution in [0.2, 0.25) is 0 Å². The van der Waals surface area contributed by atoms with E-state index in [1.807, 2.05) is 0 Å². The van der Waals surface area contributed by atoms with Crippen LogP contribution < -0.4 is 5.32 Å². The monoisotopic (exact) mass is 280 g/mol. The first-order chi connectivity index (χ1) is 9.72. The van der Waals surface area contributed by atoms with Gasteiger partial charge in [0, 0.05) is 31.2 Å². The first-order valence-electron chi connectivity index (χ1n) is 7.64. The second-order valence-electron chi connectivity index (χ2n) is 6.03. The summed E-state index contributed by atoms with van der Waals surface area (Å²) in [6.07, 6.45) is 6.12. The zero-order valence-corrected chi connectivity index (χ0v) is 11.7. The molecular formula is C16H22F2N2. The molecule has 1 heterocycles. The van der Waals surface area contributed by atoms with E-state index in [9.17, 15) is 8.78 Å². The minimum atomic E-state index is -0.476. The van der Waals surface area contributed by atoms with Crippen molar-refractivity contribution in [2.24, 2.45) is 0 Å². The lowest BCUT2D eigenvalue weighted by atomic mass is 10.1. The predicted octanol–water partition coefficient (Wildman–Crippen LogP) is 3.07. The molecule has 4 heteroatoms. The smallest absolute Gasteiger partial charge is 0.126 e. The Morgan fingerprint density at radius 1 is 1.00 bits per heavy atom. The number of benzene rings is 1. The summed E-state index contributed by atoms with van der Waals surface area (Å²) >= 11 is 0. The number of rotatable bonds is 4. The van der Waals surface area contributed by atoms with Crippen molar-refractivity contribution in [3.05, 3.63) is 35.4 Å². The van der Waals surface area contributed by atoms with Gasteiger partial charge in [0.05, 0.1) is 0 Å². The zero-order chi connectivity index (χ0) is 13.9. The van der Waals surface area contributed by atoms with Crippen LogP contribution in [0.3, 0.4) is 0 Å². The Balaban J connectivity index is 1.77. The minimum Gasteiger partial charge on any atom is -0.315 e. The number of halogens is 2. The van der Waals surface area contributed by atoms with Crippen molar-refractivity contribution in [2.75, 3.05) is 13.1 Å². The summed E-state index contributed by atoms with van der Waals surface area (Å²) in [5.41, 5.74) is 0.751. The molecule has 0 aromatic heterocycles. The van der Waals surface area contributed by atoms with E-state index in [1.165, 1.54) is 37.8 Å². The molecule has 2 fully saturated rings. The fourth-order valence-corrected chi connectivity index (χ4v) is 3.63. The zero-order valence-electron chi connectivity index (χ0n) is 11.7. The van der Waals surface area contributed by atoms with Gasteiger partial charge < -0.3 is 5.32 Å². The molecule has 1 atom stereocenters. The molecule has 1 aliphatic heterocycles. The Kier molecular flexibility index (Phi) is 4.32. The predicted molar refractivity (Wildman–Crippen MR) is 75.4 cm³/mol. The van der Waals surface area contributed by atoms with Gasteiger partial charge in [0.25, 0.3) is 0 Å². The molecule has 0 unspecified atom stereocenters. The van der Waals surface area contributed by atoms with E-state index in [2.05, 4.69) is 10.2 Å². The third-order valence-electron chi connectivity index (χ3n) is 4.58. The molecule has 110 valence electrons. The van der Waals surface area contributed by atoms with Gasteiger partial charge >= 0.3 is 0 Å².